The van der Waals surface area contributed by atoms with Crippen molar-refractivity contribution in [2.45, 2.75) is 6.54 Å². The third-order valence-corrected chi connectivity index (χ3v) is 1.83. The standard InChI is InChI=1S/C10H9ClFN/c1-2-5-13-7-8-3-4-10(12)9(11)6-8/h1,3-4,6,13H,5,7H2. The first-order chi connectivity index (χ1) is 6.24. The van der Waals surface area contributed by atoms with Gasteiger partial charge in [-0.2, -0.15) is 0 Å². The fourth-order valence-electron chi connectivity index (χ4n) is 0.929. The van der Waals surface area contributed by atoms with Crippen LogP contribution in [0, 0.1) is 18.2 Å². The number of hydrogen-bond donors (Lipinski definition) is 1. The predicted molar refractivity (Wildman–Crippen MR) is 51.9 cm³/mol. The van der Waals surface area contributed by atoms with Crippen LogP contribution in [-0.2, 0) is 6.54 Å². The van der Waals surface area contributed by atoms with Gasteiger partial charge in [0.05, 0.1) is 11.6 Å². The number of terminal acetylenes is 1. The van der Waals surface area contributed by atoms with E-state index in [-0.39, 0.29) is 5.02 Å². The average Bonchev–Trinajstić information content (AvgIpc) is 2.12. The highest BCUT2D eigenvalue weighted by atomic mass is 35.5. The molecule has 1 aromatic carbocycles. The SMILES string of the molecule is C#CCNCc1ccc(F)c(Cl)c1. The molecular weight excluding hydrogens is 189 g/mol. The van der Waals surface area contributed by atoms with Gasteiger partial charge in [-0.15, -0.1) is 6.42 Å². The fraction of sp³-hybridized carbons (Fsp3) is 0.200. The highest BCUT2D eigenvalue weighted by molar-refractivity contribution is 6.30. The van der Waals surface area contributed by atoms with E-state index in [2.05, 4.69) is 11.2 Å². The highest BCUT2D eigenvalue weighted by Crippen LogP contribution is 2.15. The Kier molecular flexibility index (Phi) is 3.75. The molecule has 0 unspecified atom stereocenters. The Morgan fingerprint density at radius 3 is 2.92 bits per heavy atom. The van der Waals surface area contributed by atoms with Gasteiger partial charge in [-0.25, -0.2) is 4.39 Å². The van der Waals surface area contributed by atoms with Crippen LogP contribution < -0.4 is 5.32 Å². The maximum atomic E-state index is 12.7. The minimum absolute atomic E-state index is 0.139. The Bertz CT molecular complexity index is 330. The first kappa shape index (κ1) is 10.0. The van der Waals surface area contributed by atoms with Crippen molar-refractivity contribution < 1.29 is 4.39 Å². The van der Waals surface area contributed by atoms with E-state index < -0.39 is 5.82 Å². The van der Waals surface area contributed by atoms with Gasteiger partial charge in [-0.1, -0.05) is 23.6 Å². The molecule has 0 aliphatic heterocycles. The summed E-state index contributed by atoms with van der Waals surface area (Å²) in [5, 5.41) is 3.12. The first-order valence-corrected chi connectivity index (χ1v) is 4.20. The predicted octanol–water partition coefficient (Wildman–Crippen LogP) is 2.20. The lowest BCUT2D eigenvalue weighted by atomic mass is 10.2. The number of halogens is 2. The minimum Gasteiger partial charge on any atom is -0.302 e. The van der Waals surface area contributed by atoms with Crippen LogP contribution in [0.2, 0.25) is 5.02 Å². The molecule has 0 aromatic heterocycles. The number of hydrogen-bond acceptors (Lipinski definition) is 1. The zero-order chi connectivity index (χ0) is 9.68. The lowest BCUT2D eigenvalue weighted by Gasteiger charge is -2.02. The number of nitrogens with one attached hydrogen (secondary N) is 1. The van der Waals surface area contributed by atoms with Crippen LogP contribution in [0.3, 0.4) is 0 Å². The zero-order valence-corrected chi connectivity index (χ0v) is 7.74. The van der Waals surface area contributed by atoms with Crippen LogP contribution in [0.25, 0.3) is 0 Å². The Morgan fingerprint density at radius 2 is 2.31 bits per heavy atom. The van der Waals surface area contributed by atoms with E-state index in [1.54, 1.807) is 12.1 Å². The molecule has 0 amide bonds. The second-order valence-corrected chi connectivity index (χ2v) is 2.96. The normalized spacial score (nSPS) is 9.62. The van der Waals surface area contributed by atoms with Crippen molar-refractivity contribution in [1.29, 1.82) is 0 Å². The molecule has 0 fully saturated rings. The Hall–Kier alpha value is -1.04. The summed E-state index contributed by atoms with van der Waals surface area (Å²) in [5.41, 5.74) is 0.918. The molecule has 0 radical (unpaired) electrons. The molecule has 0 saturated heterocycles. The molecule has 0 heterocycles. The molecule has 1 nitrogen and oxygen atoms in total. The van der Waals surface area contributed by atoms with Crippen molar-refractivity contribution >= 4 is 11.6 Å². The Morgan fingerprint density at radius 1 is 1.54 bits per heavy atom. The number of rotatable bonds is 3. The summed E-state index contributed by atoms with van der Waals surface area (Å²) in [4.78, 5) is 0. The van der Waals surface area contributed by atoms with Crippen LogP contribution >= 0.6 is 11.6 Å². The van der Waals surface area contributed by atoms with Crippen molar-refractivity contribution in [3.8, 4) is 12.3 Å². The van der Waals surface area contributed by atoms with Gasteiger partial charge in [-0.05, 0) is 17.7 Å². The monoisotopic (exact) mass is 197 g/mol. The first-order valence-electron chi connectivity index (χ1n) is 3.82. The molecule has 1 N–H and O–H groups in total. The highest BCUT2D eigenvalue weighted by Gasteiger charge is 1.99. The largest absolute Gasteiger partial charge is 0.302 e. The van der Waals surface area contributed by atoms with E-state index >= 15 is 0 Å². The van der Waals surface area contributed by atoms with Gasteiger partial charge in [0, 0.05) is 6.54 Å². The second-order valence-electron chi connectivity index (χ2n) is 2.56. The summed E-state index contributed by atoms with van der Waals surface area (Å²) in [6.45, 7) is 1.10. The molecule has 0 atom stereocenters. The van der Waals surface area contributed by atoms with Gasteiger partial charge in [0.1, 0.15) is 5.82 Å². The van der Waals surface area contributed by atoms with Crippen molar-refractivity contribution in [1.82, 2.24) is 5.32 Å². The third-order valence-electron chi connectivity index (χ3n) is 1.54. The van der Waals surface area contributed by atoms with Crippen LogP contribution in [0.1, 0.15) is 5.56 Å². The van der Waals surface area contributed by atoms with Gasteiger partial charge < -0.3 is 5.32 Å². The summed E-state index contributed by atoms with van der Waals surface area (Å²) < 4.78 is 12.7. The van der Waals surface area contributed by atoms with E-state index in [0.717, 1.165) is 5.56 Å². The Balaban J connectivity index is 2.59. The maximum Gasteiger partial charge on any atom is 0.141 e. The quantitative estimate of drug-likeness (QED) is 0.579. The van der Waals surface area contributed by atoms with E-state index in [9.17, 15) is 4.39 Å². The molecule has 0 aliphatic rings. The third kappa shape index (κ3) is 3.06. The van der Waals surface area contributed by atoms with Gasteiger partial charge in [-0.3, -0.25) is 0 Å². The molecular formula is C10H9ClFN. The molecule has 0 bridgehead atoms. The van der Waals surface area contributed by atoms with Crippen LogP contribution in [0.4, 0.5) is 4.39 Å². The molecule has 0 aliphatic carbocycles. The molecule has 13 heavy (non-hydrogen) atoms. The number of benzene rings is 1. The topological polar surface area (TPSA) is 12.0 Å². The van der Waals surface area contributed by atoms with Gasteiger partial charge in [0.2, 0.25) is 0 Å². The molecule has 0 saturated carbocycles. The summed E-state index contributed by atoms with van der Waals surface area (Å²) in [6.07, 6.45) is 5.05. The summed E-state index contributed by atoms with van der Waals surface area (Å²) in [7, 11) is 0. The van der Waals surface area contributed by atoms with Crippen molar-refractivity contribution in [3.63, 3.8) is 0 Å². The van der Waals surface area contributed by atoms with Crippen molar-refractivity contribution in [2.75, 3.05) is 6.54 Å². The molecule has 68 valence electrons. The lowest BCUT2D eigenvalue weighted by Crippen LogP contribution is -2.12. The fourth-order valence-corrected chi connectivity index (χ4v) is 1.13. The van der Waals surface area contributed by atoms with E-state index in [0.29, 0.717) is 13.1 Å². The maximum absolute atomic E-state index is 12.7. The van der Waals surface area contributed by atoms with Crippen molar-refractivity contribution in [2.24, 2.45) is 0 Å². The van der Waals surface area contributed by atoms with Gasteiger partial charge in [0.25, 0.3) is 0 Å². The molecule has 3 heteroatoms. The second kappa shape index (κ2) is 4.86. The lowest BCUT2D eigenvalue weighted by molar-refractivity contribution is 0.626. The molecule has 0 spiro atoms. The smallest absolute Gasteiger partial charge is 0.141 e. The summed E-state index contributed by atoms with van der Waals surface area (Å²) in [5.74, 6) is 2.05. The van der Waals surface area contributed by atoms with Crippen LogP contribution in [0.5, 0.6) is 0 Å². The van der Waals surface area contributed by atoms with Crippen LogP contribution in [-0.4, -0.2) is 6.54 Å². The van der Waals surface area contributed by atoms with Gasteiger partial charge in [0.15, 0.2) is 0 Å². The van der Waals surface area contributed by atoms with E-state index in [1.807, 2.05) is 0 Å². The average molecular weight is 198 g/mol. The zero-order valence-electron chi connectivity index (χ0n) is 6.98. The molecule has 1 rings (SSSR count). The Labute approximate surface area is 81.9 Å². The van der Waals surface area contributed by atoms with E-state index in [1.165, 1.54) is 6.07 Å². The van der Waals surface area contributed by atoms with Crippen LogP contribution in [0.15, 0.2) is 18.2 Å². The van der Waals surface area contributed by atoms with E-state index in [4.69, 9.17) is 18.0 Å². The van der Waals surface area contributed by atoms with Crippen molar-refractivity contribution in [3.05, 3.63) is 34.6 Å². The molecule has 1 aromatic rings. The minimum atomic E-state index is -0.401. The summed E-state index contributed by atoms with van der Waals surface area (Å²) in [6, 6.07) is 4.60. The summed E-state index contributed by atoms with van der Waals surface area (Å²) >= 11 is 5.58. The van der Waals surface area contributed by atoms with Gasteiger partial charge >= 0.3 is 0 Å².